The highest BCUT2D eigenvalue weighted by atomic mass is 32.2. The predicted molar refractivity (Wildman–Crippen MR) is 145 cm³/mol. The van der Waals surface area contributed by atoms with Gasteiger partial charge in [-0.2, -0.15) is 0 Å². The number of carbonyl (C=O) groups excluding carboxylic acids is 1. The summed E-state index contributed by atoms with van der Waals surface area (Å²) in [5.41, 5.74) is 5.13. The van der Waals surface area contributed by atoms with E-state index in [9.17, 15) is 4.79 Å². The van der Waals surface area contributed by atoms with E-state index in [1.165, 1.54) is 5.69 Å². The molecule has 6 heteroatoms. The molecule has 0 spiro atoms. The molecule has 178 valence electrons. The zero-order valence-corrected chi connectivity index (χ0v) is 20.8. The van der Waals surface area contributed by atoms with E-state index < -0.39 is 0 Å². The number of anilines is 1. The highest BCUT2D eigenvalue weighted by Crippen LogP contribution is 2.25. The van der Waals surface area contributed by atoms with E-state index in [2.05, 4.69) is 33.9 Å². The second-order valence-corrected chi connectivity index (χ2v) is 9.12. The molecule has 3 aromatic carbocycles. The monoisotopic (exact) mass is 483 g/mol. The Morgan fingerprint density at radius 2 is 1.86 bits per heavy atom. The van der Waals surface area contributed by atoms with E-state index in [1.54, 1.807) is 24.9 Å². The topological polar surface area (TPSA) is 56.2 Å². The van der Waals surface area contributed by atoms with Gasteiger partial charge in [0.15, 0.2) is 0 Å². The van der Waals surface area contributed by atoms with Gasteiger partial charge in [0.1, 0.15) is 5.75 Å². The number of aromatic nitrogens is 2. The summed E-state index contributed by atoms with van der Waals surface area (Å²) in [4.78, 5) is 17.9. The number of ether oxygens (including phenoxy) is 1. The summed E-state index contributed by atoms with van der Waals surface area (Å²) in [6, 6.07) is 23.9. The van der Waals surface area contributed by atoms with Crippen molar-refractivity contribution in [3.05, 3.63) is 103 Å². The summed E-state index contributed by atoms with van der Waals surface area (Å²) in [6.07, 6.45) is 8.29. The first-order valence-electron chi connectivity index (χ1n) is 11.6. The molecular formula is C29H29N3O2S. The number of rotatable bonds is 10. The molecule has 1 aromatic heterocycles. The Labute approximate surface area is 210 Å². The molecule has 1 N–H and O–H groups in total. The normalized spacial score (nSPS) is 11.0. The Balaban J connectivity index is 1.32. The third-order valence-electron chi connectivity index (χ3n) is 5.51. The van der Waals surface area contributed by atoms with Crippen molar-refractivity contribution in [2.75, 3.05) is 12.4 Å². The van der Waals surface area contributed by atoms with Gasteiger partial charge in [-0.05, 0) is 71.7 Å². The minimum absolute atomic E-state index is 0.163. The van der Waals surface area contributed by atoms with Gasteiger partial charge >= 0.3 is 0 Å². The number of hydrogen-bond acceptors (Lipinski definition) is 4. The van der Waals surface area contributed by atoms with Crippen LogP contribution in [0.25, 0.3) is 17.2 Å². The molecule has 4 rings (SSSR count). The van der Waals surface area contributed by atoms with Crippen molar-refractivity contribution >= 4 is 29.4 Å². The van der Waals surface area contributed by atoms with Gasteiger partial charge in [-0.3, -0.25) is 4.79 Å². The van der Waals surface area contributed by atoms with Crippen molar-refractivity contribution in [2.45, 2.75) is 30.5 Å². The summed E-state index contributed by atoms with van der Waals surface area (Å²) in [7, 11) is 1.66. The molecule has 4 aromatic rings. The molecule has 0 saturated carbocycles. The average molecular weight is 484 g/mol. The molecule has 5 nitrogen and oxygen atoms in total. The van der Waals surface area contributed by atoms with Crippen LogP contribution in [0.5, 0.6) is 5.75 Å². The van der Waals surface area contributed by atoms with Crippen molar-refractivity contribution < 1.29 is 9.53 Å². The van der Waals surface area contributed by atoms with Crippen LogP contribution in [0.3, 0.4) is 0 Å². The molecule has 0 radical (unpaired) electrons. The number of thioether (sulfide) groups is 1. The SMILES string of the molecule is CCCn1cncc1CSc1ccc(NC(=O)/C=C/c2cccc(-c3ccc(OC)cc3)c2)cc1. The van der Waals surface area contributed by atoms with E-state index in [4.69, 9.17) is 4.74 Å². The van der Waals surface area contributed by atoms with Gasteiger partial charge in [0, 0.05) is 40.8 Å². The van der Waals surface area contributed by atoms with E-state index in [0.29, 0.717) is 0 Å². The van der Waals surface area contributed by atoms with Crippen LogP contribution >= 0.6 is 11.8 Å². The molecule has 0 atom stereocenters. The number of carbonyl (C=O) groups is 1. The molecular weight excluding hydrogens is 454 g/mol. The third-order valence-corrected chi connectivity index (χ3v) is 6.55. The lowest BCUT2D eigenvalue weighted by atomic mass is 10.0. The fraction of sp³-hybridized carbons (Fsp3) is 0.172. The van der Waals surface area contributed by atoms with Crippen LogP contribution in [0.15, 0.2) is 96.3 Å². The maximum atomic E-state index is 12.4. The lowest BCUT2D eigenvalue weighted by Gasteiger charge is -2.07. The molecule has 0 aliphatic heterocycles. The summed E-state index contributed by atoms with van der Waals surface area (Å²) >= 11 is 1.76. The Morgan fingerprint density at radius 1 is 1.06 bits per heavy atom. The fourth-order valence-electron chi connectivity index (χ4n) is 3.66. The standard InChI is InChI=1S/C29H29N3O2S/c1-3-17-32-21-30-19-26(32)20-35-28-14-10-25(11-15-28)31-29(33)16-7-22-5-4-6-24(18-22)23-8-12-27(34-2)13-9-23/h4-16,18-19,21H,3,17,20H2,1-2H3,(H,31,33)/b16-7+. The van der Waals surface area contributed by atoms with E-state index in [0.717, 1.165) is 51.7 Å². The number of methoxy groups -OCH3 is 1. The largest absolute Gasteiger partial charge is 0.497 e. The van der Waals surface area contributed by atoms with Crippen LogP contribution in [-0.2, 0) is 17.1 Å². The van der Waals surface area contributed by atoms with Crippen LogP contribution in [0, 0.1) is 0 Å². The van der Waals surface area contributed by atoms with Crippen molar-refractivity contribution in [1.29, 1.82) is 0 Å². The molecule has 0 aliphatic rings. The lowest BCUT2D eigenvalue weighted by Crippen LogP contribution is -2.07. The summed E-state index contributed by atoms with van der Waals surface area (Å²) in [6.45, 7) is 3.15. The number of benzene rings is 3. The van der Waals surface area contributed by atoms with Gasteiger partial charge in [-0.15, -0.1) is 11.8 Å². The van der Waals surface area contributed by atoms with Gasteiger partial charge < -0.3 is 14.6 Å². The van der Waals surface area contributed by atoms with Gasteiger partial charge in [-0.25, -0.2) is 4.98 Å². The molecule has 1 heterocycles. The van der Waals surface area contributed by atoms with E-state index >= 15 is 0 Å². The molecule has 0 fully saturated rings. The predicted octanol–water partition coefficient (Wildman–Crippen LogP) is 6.91. The maximum absolute atomic E-state index is 12.4. The minimum atomic E-state index is -0.163. The molecule has 35 heavy (non-hydrogen) atoms. The minimum Gasteiger partial charge on any atom is -0.497 e. The number of amides is 1. The summed E-state index contributed by atoms with van der Waals surface area (Å²) in [5.74, 6) is 1.53. The number of hydrogen-bond donors (Lipinski definition) is 1. The van der Waals surface area contributed by atoms with E-state index in [1.807, 2.05) is 79.3 Å². The molecule has 0 saturated heterocycles. The second-order valence-electron chi connectivity index (χ2n) is 8.07. The van der Waals surface area contributed by atoms with Crippen LogP contribution in [0.2, 0.25) is 0 Å². The third kappa shape index (κ3) is 6.87. The van der Waals surface area contributed by atoms with Gasteiger partial charge in [0.2, 0.25) is 5.91 Å². The summed E-state index contributed by atoms with van der Waals surface area (Å²) < 4.78 is 7.42. The zero-order chi connectivity index (χ0) is 24.5. The van der Waals surface area contributed by atoms with E-state index in [-0.39, 0.29) is 5.91 Å². The first kappa shape index (κ1) is 24.4. The Kier molecular flexibility index (Phi) is 8.41. The first-order chi connectivity index (χ1) is 17.1. The van der Waals surface area contributed by atoms with Crippen LogP contribution in [-0.4, -0.2) is 22.6 Å². The maximum Gasteiger partial charge on any atom is 0.248 e. The number of aryl methyl sites for hydroxylation is 1. The van der Waals surface area contributed by atoms with Gasteiger partial charge in [0.05, 0.1) is 13.4 Å². The lowest BCUT2D eigenvalue weighted by molar-refractivity contribution is -0.111. The number of nitrogens with zero attached hydrogens (tertiary/aromatic N) is 2. The number of nitrogens with one attached hydrogen (secondary N) is 1. The number of imidazole rings is 1. The fourth-order valence-corrected chi connectivity index (χ4v) is 4.55. The smallest absolute Gasteiger partial charge is 0.248 e. The van der Waals surface area contributed by atoms with Crippen LogP contribution in [0.4, 0.5) is 5.69 Å². The molecule has 0 aliphatic carbocycles. The highest BCUT2D eigenvalue weighted by molar-refractivity contribution is 7.98. The Hall–Kier alpha value is -3.77. The summed E-state index contributed by atoms with van der Waals surface area (Å²) in [5, 5.41) is 2.93. The van der Waals surface area contributed by atoms with Crippen molar-refractivity contribution in [3.8, 4) is 16.9 Å². The quantitative estimate of drug-likeness (QED) is 0.197. The van der Waals surface area contributed by atoms with Crippen LogP contribution in [0.1, 0.15) is 24.6 Å². The Morgan fingerprint density at radius 3 is 2.60 bits per heavy atom. The first-order valence-corrected chi connectivity index (χ1v) is 12.6. The van der Waals surface area contributed by atoms with Crippen molar-refractivity contribution in [3.63, 3.8) is 0 Å². The highest BCUT2D eigenvalue weighted by Gasteiger charge is 2.04. The van der Waals surface area contributed by atoms with Crippen LogP contribution < -0.4 is 10.1 Å². The molecule has 1 amide bonds. The van der Waals surface area contributed by atoms with Gasteiger partial charge in [-0.1, -0.05) is 37.3 Å². The second kappa shape index (κ2) is 12.1. The molecule has 0 bridgehead atoms. The average Bonchev–Trinajstić information content (AvgIpc) is 3.34. The van der Waals surface area contributed by atoms with Crippen molar-refractivity contribution in [2.24, 2.45) is 0 Å². The van der Waals surface area contributed by atoms with Gasteiger partial charge in [0.25, 0.3) is 0 Å². The zero-order valence-electron chi connectivity index (χ0n) is 20.0. The van der Waals surface area contributed by atoms with Crippen molar-refractivity contribution in [1.82, 2.24) is 9.55 Å². The molecule has 0 unspecified atom stereocenters. The Bertz CT molecular complexity index is 1280.